The summed E-state index contributed by atoms with van der Waals surface area (Å²) in [4.78, 5) is 42.3. The van der Waals surface area contributed by atoms with Gasteiger partial charge in [0.1, 0.15) is 0 Å². The van der Waals surface area contributed by atoms with Gasteiger partial charge in [0.25, 0.3) is 0 Å². The van der Waals surface area contributed by atoms with Gasteiger partial charge in [-0.25, -0.2) is 9.97 Å². The third kappa shape index (κ3) is 8.05. The Labute approximate surface area is 304 Å². The van der Waals surface area contributed by atoms with Crippen LogP contribution in [0.15, 0.2) is 24.3 Å². The molecule has 0 spiro atoms. The van der Waals surface area contributed by atoms with Crippen LogP contribution in [-0.2, 0) is 50.9 Å². The summed E-state index contributed by atoms with van der Waals surface area (Å²) in [6.45, 7) is 8.20. The minimum atomic E-state index is -0.477. The van der Waals surface area contributed by atoms with Gasteiger partial charge in [0.2, 0.25) is 0 Å². The van der Waals surface area contributed by atoms with Gasteiger partial charge in [-0.3, -0.25) is 9.59 Å². The van der Waals surface area contributed by atoms with Gasteiger partial charge in [0, 0.05) is 76.2 Å². The van der Waals surface area contributed by atoms with Gasteiger partial charge in [0.15, 0.2) is 12.6 Å². The molecule has 0 saturated heterocycles. The Bertz CT molecular complexity index is 2060. The molecule has 52 heavy (non-hydrogen) atoms. The Morgan fingerprint density at radius 3 is 1.35 bits per heavy atom. The number of methoxy groups -OCH3 is 6. The number of rotatable bonds is 14. The largest absolute Gasteiger partial charge is 0.469 e. The fraction of sp³-hybridized carbons (Fsp3) is 0.450. The molecule has 0 atom stereocenters. The number of H-pyrrole nitrogens is 2. The maximum Gasteiger partial charge on any atom is 0.305 e. The van der Waals surface area contributed by atoms with E-state index in [1.807, 2.05) is 32.0 Å². The van der Waals surface area contributed by atoms with Gasteiger partial charge >= 0.3 is 11.9 Å². The number of carbonyl (C=O) groups is 2. The van der Waals surface area contributed by atoms with E-state index in [2.05, 4.69) is 29.9 Å². The molecule has 5 heterocycles. The number of allylic oxidation sites excluding steroid dienone is 2. The molecule has 0 aromatic carbocycles. The Morgan fingerprint density at radius 2 is 0.942 bits per heavy atom. The first-order valence-corrected chi connectivity index (χ1v) is 17.4. The number of fused-ring (bicyclic) bond motifs is 8. The molecule has 3 aromatic rings. The molecule has 0 radical (unpaired) electrons. The van der Waals surface area contributed by atoms with Crippen molar-refractivity contribution in [1.29, 1.82) is 0 Å². The maximum atomic E-state index is 12.3. The third-order valence-corrected chi connectivity index (χ3v) is 10.2. The van der Waals surface area contributed by atoms with Crippen LogP contribution in [0, 0.1) is 13.8 Å². The van der Waals surface area contributed by atoms with E-state index in [1.54, 1.807) is 28.4 Å². The van der Waals surface area contributed by atoms with E-state index in [0.29, 0.717) is 25.7 Å². The number of aromatic amines is 2. The Morgan fingerprint density at radius 1 is 0.558 bits per heavy atom. The summed E-state index contributed by atoms with van der Waals surface area (Å²) in [6, 6.07) is 8.17. The van der Waals surface area contributed by atoms with Crippen LogP contribution in [0.4, 0.5) is 0 Å². The molecule has 0 unspecified atom stereocenters. The van der Waals surface area contributed by atoms with E-state index in [9.17, 15) is 9.59 Å². The van der Waals surface area contributed by atoms with Crippen molar-refractivity contribution in [2.75, 3.05) is 42.7 Å². The average molecular weight is 715 g/mol. The van der Waals surface area contributed by atoms with Crippen molar-refractivity contribution in [2.24, 2.45) is 0 Å². The Kier molecular flexibility index (Phi) is 12.5. The first kappa shape index (κ1) is 38.6. The number of nitrogens with one attached hydrogen (secondary N) is 2. The third-order valence-electron chi connectivity index (χ3n) is 10.2. The molecule has 0 fully saturated rings. The summed E-state index contributed by atoms with van der Waals surface area (Å²) >= 11 is 0. The second kappa shape index (κ2) is 16.8. The predicted molar refractivity (Wildman–Crippen MR) is 201 cm³/mol. The number of nitrogens with zero attached hydrogens (tertiary/aromatic N) is 2. The van der Waals surface area contributed by atoms with Crippen LogP contribution >= 0.6 is 0 Å². The van der Waals surface area contributed by atoms with Crippen molar-refractivity contribution in [1.82, 2.24) is 19.9 Å². The number of aryl methyl sites for hydroxylation is 4. The highest BCUT2D eigenvalue weighted by Gasteiger charge is 2.25. The summed E-state index contributed by atoms with van der Waals surface area (Å²) in [5.74, 6) is -0.580. The fourth-order valence-corrected chi connectivity index (χ4v) is 6.89. The molecule has 0 amide bonds. The van der Waals surface area contributed by atoms with Crippen LogP contribution in [0.2, 0.25) is 0 Å². The van der Waals surface area contributed by atoms with Crippen molar-refractivity contribution in [3.05, 3.63) is 69.3 Å². The van der Waals surface area contributed by atoms with Crippen molar-refractivity contribution in [3.8, 4) is 0 Å². The Balaban J connectivity index is 1.90. The SMILES string of the molecule is COC(=O)CCc1c(C)c2cc3nc(cc4nc(cc5[nH]c(cc1[nH]2)c(CCC(=O)OC)c5C)C(CC(OC)OC)=C4C)C(CC(OC)OC)=C3C. The highest BCUT2D eigenvalue weighted by atomic mass is 16.7. The van der Waals surface area contributed by atoms with Gasteiger partial charge in [-0.2, -0.15) is 0 Å². The van der Waals surface area contributed by atoms with Crippen LogP contribution in [0.3, 0.4) is 0 Å². The van der Waals surface area contributed by atoms with E-state index in [4.69, 9.17) is 38.4 Å². The van der Waals surface area contributed by atoms with E-state index in [0.717, 1.165) is 89.4 Å². The summed E-state index contributed by atoms with van der Waals surface area (Å²) in [6.07, 6.45) is 1.38. The maximum absolute atomic E-state index is 12.3. The molecule has 12 nitrogen and oxygen atoms in total. The van der Waals surface area contributed by atoms with E-state index in [-0.39, 0.29) is 24.8 Å². The molecule has 2 aliphatic heterocycles. The molecule has 12 heteroatoms. The lowest BCUT2D eigenvalue weighted by molar-refractivity contribution is -0.141. The lowest BCUT2D eigenvalue weighted by atomic mass is 10.00. The zero-order valence-electron chi connectivity index (χ0n) is 31.9. The van der Waals surface area contributed by atoms with E-state index < -0.39 is 12.6 Å². The molecule has 2 aliphatic rings. The second-order valence-corrected chi connectivity index (χ2v) is 13.0. The predicted octanol–water partition coefficient (Wildman–Crippen LogP) is 7.02. The summed E-state index contributed by atoms with van der Waals surface area (Å²) in [7, 11) is 9.29. The average Bonchev–Trinajstić information content (AvgIpc) is 3.80. The normalized spacial score (nSPS) is 13.2. The molecular weight excluding hydrogens is 664 g/mol. The number of esters is 2. The molecule has 0 aliphatic carbocycles. The molecule has 0 saturated carbocycles. The van der Waals surface area contributed by atoms with Gasteiger partial charge in [-0.1, -0.05) is 0 Å². The minimum absolute atomic E-state index is 0.217. The number of ether oxygens (including phenoxy) is 6. The highest BCUT2D eigenvalue weighted by molar-refractivity contribution is 5.95. The van der Waals surface area contributed by atoms with Crippen LogP contribution in [0.1, 0.15) is 84.6 Å². The lowest BCUT2D eigenvalue weighted by Gasteiger charge is -2.15. The standard InChI is InChI=1S/C40H50N4O8/c1-21-25(11-13-37(45)47-5)33-20-34-26(12-14-38(46)48-6)22(2)31(42-34)18-35-28(16-40(51-9)52-10)24(4)32(44-35)19-36-27(15-39(49-7)50-8)23(3)30(43-36)17-29(21)41-33/h17-20,39-42H,11-16H2,1-10H3. The number of hydrogen-bond donors (Lipinski definition) is 2. The fourth-order valence-electron chi connectivity index (χ4n) is 6.89. The van der Waals surface area contributed by atoms with E-state index in [1.165, 1.54) is 14.2 Å². The molecule has 3 aromatic heterocycles. The summed E-state index contributed by atoms with van der Waals surface area (Å²) < 4.78 is 32.5. The summed E-state index contributed by atoms with van der Waals surface area (Å²) in [5, 5.41) is 0. The first-order valence-electron chi connectivity index (χ1n) is 17.4. The molecule has 2 N–H and O–H groups in total. The highest BCUT2D eigenvalue weighted by Crippen LogP contribution is 2.38. The van der Waals surface area contributed by atoms with Gasteiger partial charge in [-0.15, -0.1) is 0 Å². The minimum Gasteiger partial charge on any atom is -0.469 e. The van der Waals surface area contributed by atoms with Crippen LogP contribution < -0.4 is 0 Å². The van der Waals surface area contributed by atoms with Crippen LogP contribution in [0.25, 0.3) is 44.4 Å². The quantitative estimate of drug-likeness (QED) is 0.132. The molecule has 5 rings (SSSR count). The van der Waals surface area contributed by atoms with Crippen molar-refractivity contribution < 1.29 is 38.0 Å². The zero-order chi connectivity index (χ0) is 37.7. The van der Waals surface area contributed by atoms with Gasteiger partial charge < -0.3 is 38.4 Å². The topological polar surface area (TPSA) is 147 Å². The van der Waals surface area contributed by atoms with Crippen molar-refractivity contribution in [3.63, 3.8) is 0 Å². The number of hydrogen-bond acceptors (Lipinski definition) is 10. The monoisotopic (exact) mass is 714 g/mol. The zero-order valence-corrected chi connectivity index (χ0v) is 31.9. The van der Waals surface area contributed by atoms with Crippen LogP contribution in [0.5, 0.6) is 0 Å². The lowest BCUT2D eigenvalue weighted by Crippen LogP contribution is -2.13. The van der Waals surface area contributed by atoms with Gasteiger partial charge in [-0.05, 0) is 109 Å². The van der Waals surface area contributed by atoms with Crippen molar-refractivity contribution >= 4 is 56.3 Å². The van der Waals surface area contributed by atoms with Gasteiger partial charge in [0.05, 0.1) is 37.0 Å². The second-order valence-electron chi connectivity index (χ2n) is 13.0. The van der Waals surface area contributed by atoms with Crippen LogP contribution in [-0.4, -0.2) is 87.1 Å². The molecule has 8 bridgehead atoms. The molecular formula is C40H50N4O8. The van der Waals surface area contributed by atoms with Crippen molar-refractivity contribution in [2.45, 2.75) is 78.8 Å². The first-order chi connectivity index (χ1) is 25.0. The van der Waals surface area contributed by atoms with E-state index >= 15 is 0 Å². The number of aromatic nitrogens is 4. The number of carbonyl (C=O) groups excluding carboxylic acids is 2. The Hall–Kier alpha value is -4.62. The summed E-state index contributed by atoms with van der Waals surface area (Å²) in [5.41, 5.74) is 14.4. The smallest absolute Gasteiger partial charge is 0.305 e. The molecule has 278 valence electrons.